The number of anilines is 1. The van der Waals surface area contributed by atoms with E-state index in [1.54, 1.807) is 6.07 Å². The molecule has 0 radical (unpaired) electrons. The lowest BCUT2D eigenvalue weighted by atomic mass is 10.0. The van der Waals surface area contributed by atoms with E-state index >= 15 is 0 Å². The summed E-state index contributed by atoms with van der Waals surface area (Å²) in [5.41, 5.74) is 1.71. The van der Waals surface area contributed by atoms with Gasteiger partial charge in [0.15, 0.2) is 5.82 Å². The second kappa shape index (κ2) is 8.69. The zero-order chi connectivity index (χ0) is 19.4. The minimum absolute atomic E-state index is 0.167. The minimum Gasteiger partial charge on any atom is -0.448 e. The fourth-order valence-corrected chi connectivity index (χ4v) is 3.22. The van der Waals surface area contributed by atoms with Gasteiger partial charge in [-0.25, -0.2) is 4.79 Å². The minimum atomic E-state index is -0.481. The maximum atomic E-state index is 12.6. The summed E-state index contributed by atoms with van der Waals surface area (Å²) in [5, 5.41) is 7.12. The van der Waals surface area contributed by atoms with Gasteiger partial charge in [0.05, 0.1) is 18.2 Å². The summed E-state index contributed by atoms with van der Waals surface area (Å²) in [4.78, 5) is 24.9. The van der Waals surface area contributed by atoms with Gasteiger partial charge in [-0.05, 0) is 43.9 Å². The summed E-state index contributed by atoms with van der Waals surface area (Å²) < 4.78 is 7.50. The number of hydrogen-bond donors (Lipinski definition) is 1. The van der Waals surface area contributed by atoms with Crippen molar-refractivity contribution in [2.75, 3.05) is 11.9 Å². The standard InChI is InChI=1S/C20H24BrN3O3/c1-3-4-10-27-20(26)24-17(14-8-9-14)12-18(23-24)22-19(25)13(2)15-6-5-7-16(21)11-15/h5-7,11-14H,3-4,8-10H2,1-2H3,(H,22,23,25)/t13-/m0/s1. The number of unbranched alkanes of at least 4 members (excludes halogenated alkanes) is 1. The molecule has 3 rings (SSSR count). The van der Waals surface area contributed by atoms with Crippen molar-refractivity contribution in [2.45, 2.75) is 51.4 Å². The predicted octanol–water partition coefficient (Wildman–Crippen LogP) is 5.05. The molecule has 1 aromatic heterocycles. The fourth-order valence-electron chi connectivity index (χ4n) is 2.80. The fraction of sp³-hybridized carbons (Fsp3) is 0.450. The summed E-state index contributed by atoms with van der Waals surface area (Å²) >= 11 is 3.43. The Kier molecular flexibility index (Phi) is 6.31. The highest BCUT2D eigenvalue weighted by molar-refractivity contribution is 9.10. The molecule has 0 aliphatic heterocycles. The Morgan fingerprint density at radius 2 is 2.15 bits per heavy atom. The van der Waals surface area contributed by atoms with Gasteiger partial charge in [-0.1, -0.05) is 41.4 Å². The summed E-state index contributed by atoms with van der Waals surface area (Å²) in [5.74, 6) is 0.188. The normalized spacial score (nSPS) is 14.6. The van der Waals surface area contributed by atoms with Gasteiger partial charge >= 0.3 is 6.09 Å². The molecule has 1 atom stereocenters. The Labute approximate surface area is 167 Å². The molecule has 1 aliphatic rings. The number of nitrogens with one attached hydrogen (secondary N) is 1. The topological polar surface area (TPSA) is 73.2 Å². The lowest BCUT2D eigenvalue weighted by Crippen LogP contribution is -2.21. The van der Waals surface area contributed by atoms with Crippen molar-refractivity contribution in [2.24, 2.45) is 0 Å². The van der Waals surface area contributed by atoms with Gasteiger partial charge in [0.1, 0.15) is 0 Å². The number of hydrogen-bond acceptors (Lipinski definition) is 4. The Bertz CT molecular complexity index is 830. The van der Waals surface area contributed by atoms with Crippen LogP contribution in [-0.4, -0.2) is 28.4 Å². The highest BCUT2D eigenvalue weighted by Crippen LogP contribution is 2.41. The summed E-state index contributed by atoms with van der Waals surface area (Å²) in [6.07, 6.45) is 3.34. The molecule has 7 heteroatoms. The number of nitrogens with zero attached hydrogens (tertiary/aromatic N) is 2. The van der Waals surface area contributed by atoms with Crippen LogP contribution in [-0.2, 0) is 9.53 Å². The van der Waals surface area contributed by atoms with Gasteiger partial charge in [-0.15, -0.1) is 5.10 Å². The van der Waals surface area contributed by atoms with Crippen LogP contribution in [0.25, 0.3) is 0 Å². The second-order valence-electron chi connectivity index (χ2n) is 6.87. The highest BCUT2D eigenvalue weighted by atomic mass is 79.9. The third-order valence-corrected chi connectivity index (χ3v) is 5.12. The van der Waals surface area contributed by atoms with Crippen LogP contribution in [0, 0.1) is 0 Å². The van der Waals surface area contributed by atoms with Gasteiger partial charge < -0.3 is 10.1 Å². The number of halogens is 1. The van der Waals surface area contributed by atoms with Crippen LogP contribution in [0.15, 0.2) is 34.8 Å². The van der Waals surface area contributed by atoms with Crippen molar-refractivity contribution < 1.29 is 14.3 Å². The van der Waals surface area contributed by atoms with E-state index in [0.29, 0.717) is 18.3 Å². The van der Waals surface area contributed by atoms with Crippen molar-refractivity contribution in [1.82, 2.24) is 9.78 Å². The molecule has 2 aromatic rings. The molecule has 1 fully saturated rings. The molecule has 0 bridgehead atoms. The van der Waals surface area contributed by atoms with Crippen molar-refractivity contribution in [3.8, 4) is 0 Å². The Morgan fingerprint density at radius 3 is 2.81 bits per heavy atom. The molecule has 6 nitrogen and oxygen atoms in total. The van der Waals surface area contributed by atoms with Crippen LogP contribution >= 0.6 is 15.9 Å². The summed E-state index contributed by atoms with van der Waals surface area (Å²) in [7, 11) is 0. The molecule has 1 saturated carbocycles. The first-order valence-electron chi connectivity index (χ1n) is 9.33. The van der Waals surface area contributed by atoms with Crippen molar-refractivity contribution in [3.05, 3.63) is 46.1 Å². The maximum Gasteiger partial charge on any atom is 0.434 e. The van der Waals surface area contributed by atoms with E-state index in [0.717, 1.165) is 41.4 Å². The molecule has 1 heterocycles. The van der Waals surface area contributed by atoms with E-state index in [4.69, 9.17) is 4.74 Å². The van der Waals surface area contributed by atoms with Crippen LogP contribution in [0.1, 0.15) is 62.6 Å². The summed E-state index contributed by atoms with van der Waals surface area (Å²) in [6, 6.07) is 9.43. The molecular formula is C20H24BrN3O3. The largest absolute Gasteiger partial charge is 0.448 e. The molecule has 1 aromatic carbocycles. The van der Waals surface area contributed by atoms with Gasteiger partial charge in [-0.2, -0.15) is 4.68 Å². The van der Waals surface area contributed by atoms with Crippen molar-refractivity contribution >= 4 is 33.7 Å². The van der Waals surface area contributed by atoms with E-state index in [-0.39, 0.29) is 11.8 Å². The monoisotopic (exact) mass is 433 g/mol. The number of carbonyl (C=O) groups excluding carboxylic acids is 2. The van der Waals surface area contributed by atoms with Gasteiger partial charge in [0.2, 0.25) is 5.91 Å². The zero-order valence-electron chi connectivity index (χ0n) is 15.6. The van der Waals surface area contributed by atoms with E-state index in [9.17, 15) is 9.59 Å². The van der Waals surface area contributed by atoms with E-state index in [1.807, 2.05) is 38.1 Å². The Morgan fingerprint density at radius 1 is 1.37 bits per heavy atom. The number of carbonyl (C=O) groups is 2. The first kappa shape index (κ1) is 19.6. The molecule has 0 saturated heterocycles. The number of rotatable bonds is 7. The van der Waals surface area contributed by atoms with E-state index in [2.05, 4.69) is 26.3 Å². The summed E-state index contributed by atoms with van der Waals surface area (Å²) in [6.45, 7) is 4.26. The average molecular weight is 434 g/mol. The second-order valence-corrected chi connectivity index (χ2v) is 7.79. The van der Waals surface area contributed by atoms with Gasteiger partial charge in [0.25, 0.3) is 0 Å². The Balaban J connectivity index is 1.72. The predicted molar refractivity (Wildman–Crippen MR) is 107 cm³/mol. The highest BCUT2D eigenvalue weighted by Gasteiger charge is 2.31. The lowest BCUT2D eigenvalue weighted by molar-refractivity contribution is -0.117. The lowest BCUT2D eigenvalue weighted by Gasteiger charge is -2.11. The van der Waals surface area contributed by atoms with Crippen molar-refractivity contribution in [1.29, 1.82) is 0 Å². The Hall–Kier alpha value is -2.15. The maximum absolute atomic E-state index is 12.6. The van der Waals surface area contributed by atoms with Crippen LogP contribution in [0.2, 0.25) is 0 Å². The third-order valence-electron chi connectivity index (χ3n) is 4.62. The van der Waals surface area contributed by atoms with E-state index < -0.39 is 6.09 Å². The quantitative estimate of drug-likeness (QED) is 0.619. The molecule has 1 amide bonds. The van der Waals surface area contributed by atoms with E-state index in [1.165, 1.54) is 4.68 Å². The van der Waals surface area contributed by atoms with Crippen LogP contribution in [0.5, 0.6) is 0 Å². The van der Waals surface area contributed by atoms with Crippen LogP contribution in [0.3, 0.4) is 0 Å². The smallest absolute Gasteiger partial charge is 0.434 e. The number of ether oxygens (including phenoxy) is 1. The third kappa shape index (κ3) is 4.97. The molecule has 144 valence electrons. The number of benzene rings is 1. The zero-order valence-corrected chi connectivity index (χ0v) is 17.2. The molecule has 1 aliphatic carbocycles. The van der Waals surface area contributed by atoms with Crippen LogP contribution in [0.4, 0.5) is 10.6 Å². The first-order valence-corrected chi connectivity index (χ1v) is 10.1. The first-order chi connectivity index (χ1) is 13.0. The molecule has 27 heavy (non-hydrogen) atoms. The molecule has 1 N–H and O–H groups in total. The van der Waals surface area contributed by atoms with Crippen LogP contribution < -0.4 is 5.32 Å². The average Bonchev–Trinajstić information content (AvgIpc) is 3.41. The number of amides is 1. The van der Waals surface area contributed by atoms with Gasteiger partial charge in [-0.3, -0.25) is 4.79 Å². The molecule has 0 spiro atoms. The van der Waals surface area contributed by atoms with Crippen molar-refractivity contribution in [3.63, 3.8) is 0 Å². The van der Waals surface area contributed by atoms with Gasteiger partial charge in [0, 0.05) is 16.5 Å². The molecule has 0 unspecified atom stereocenters. The number of aromatic nitrogens is 2. The molecular weight excluding hydrogens is 410 g/mol. The SMILES string of the molecule is CCCCOC(=O)n1nc(NC(=O)[C@@H](C)c2cccc(Br)c2)cc1C1CC1.